The second kappa shape index (κ2) is 6.30. The zero-order valence-corrected chi connectivity index (χ0v) is 16.6. The summed E-state index contributed by atoms with van der Waals surface area (Å²) in [5.74, 6) is -0.214. The summed E-state index contributed by atoms with van der Waals surface area (Å²) in [6, 6.07) is 24.2. The van der Waals surface area contributed by atoms with Crippen LogP contribution in [-0.2, 0) is 16.1 Å². The van der Waals surface area contributed by atoms with Crippen molar-refractivity contribution in [1.29, 1.82) is 0 Å². The van der Waals surface area contributed by atoms with E-state index in [1.165, 1.54) is 27.2 Å². The zero-order chi connectivity index (χ0) is 20.4. The van der Waals surface area contributed by atoms with E-state index in [0.717, 1.165) is 5.56 Å². The van der Waals surface area contributed by atoms with Gasteiger partial charge in [0.25, 0.3) is 0 Å². The van der Waals surface area contributed by atoms with Crippen molar-refractivity contribution in [3.63, 3.8) is 0 Å². The molecule has 4 heteroatoms. The van der Waals surface area contributed by atoms with Gasteiger partial charge in [0.05, 0.1) is 25.5 Å². The van der Waals surface area contributed by atoms with Crippen LogP contribution in [0, 0.1) is 11.8 Å². The lowest BCUT2D eigenvalue weighted by Crippen LogP contribution is -2.41. The molecule has 1 fully saturated rings. The first-order valence-corrected chi connectivity index (χ1v) is 10.4. The average Bonchev–Trinajstić information content (AvgIpc) is 3.05. The van der Waals surface area contributed by atoms with Crippen molar-refractivity contribution in [3.05, 3.63) is 101 Å². The highest BCUT2D eigenvalue weighted by Gasteiger charge is 2.61. The van der Waals surface area contributed by atoms with Gasteiger partial charge in [-0.2, -0.15) is 0 Å². The maximum atomic E-state index is 13.6. The fourth-order valence-corrected chi connectivity index (χ4v) is 5.90. The van der Waals surface area contributed by atoms with Crippen molar-refractivity contribution in [2.45, 2.75) is 18.4 Å². The lowest BCUT2D eigenvalue weighted by atomic mass is 9.55. The molecule has 30 heavy (non-hydrogen) atoms. The molecule has 4 aliphatic rings. The molecule has 148 valence electrons. The van der Waals surface area contributed by atoms with E-state index in [0.29, 0.717) is 5.75 Å². The van der Waals surface area contributed by atoms with Crippen LogP contribution in [0.2, 0.25) is 0 Å². The lowest BCUT2D eigenvalue weighted by molar-refractivity contribution is -0.140. The number of rotatable bonds is 3. The summed E-state index contributed by atoms with van der Waals surface area (Å²) in [7, 11) is 1.61. The standard InChI is InChI=1S/C26H21NO3/c1-30-20-13-7-2-8-15(20)14-27-25(28)23-21-16-9-3-4-10-17(16)22(24(23)26(27)29)19-12-6-5-11-18(19)21/h2-13,21-24H,14H2,1H3. The molecular formula is C26H21NO3. The Morgan fingerprint density at radius 3 is 1.60 bits per heavy atom. The number of hydrogen-bond donors (Lipinski definition) is 0. The number of amides is 2. The van der Waals surface area contributed by atoms with Crippen LogP contribution in [0.5, 0.6) is 5.75 Å². The van der Waals surface area contributed by atoms with Gasteiger partial charge in [-0.3, -0.25) is 14.5 Å². The molecule has 1 aliphatic heterocycles. The fraction of sp³-hybridized carbons (Fsp3) is 0.231. The van der Waals surface area contributed by atoms with Crippen LogP contribution in [0.4, 0.5) is 0 Å². The quantitative estimate of drug-likeness (QED) is 0.628. The number of benzene rings is 3. The molecule has 2 bridgehead atoms. The van der Waals surface area contributed by atoms with Crippen LogP contribution in [0.15, 0.2) is 72.8 Å². The summed E-state index contributed by atoms with van der Waals surface area (Å²) in [6.07, 6.45) is 0. The number of para-hydroxylation sites is 1. The summed E-state index contributed by atoms with van der Waals surface area (Å²) in [5, 5.41) is 0. The van der Waals surface area contributed by atoms with E-state index >= 15 is 0 Å². The van der Waals surface area contributed by atoms with E-state index < -0.39 is 0 Å². The highest BCUT2D eigenvalue weighted by Crippen LogP contribution is 2.61. The predicted octanol–water partition coefficient (Wildman–Crippen LogP) is 4.09. The van der Waals surface area contributed by atoms with Crippen molar-refractivity contribution in [1.82, 2.24) is 4.90 Å². The second-order valence-electron chi connectivity index (χ2n) is 8.34. The Morgan fingerprint density at radius 2 is 1.13 bits per heavy atom. The van der Waals surface area contributed by atoms with Crippen LogP contribution in [0.25, 0.3) is 0 Å². The fourth-order valence-electron chi connectivity index (χ4n) is 5.90. The maximum absolute atomic E-state index is 13.6. The Balaban J connectivity index is 1.48. The van der Waals surface area contributed by atoms with E-state index in [-0.39, 0.29) is 42.0 Å². The van der Waals surface area contributed by atoms with Crippen LogP contribution in [-0.4, -0.2) is 23.8 Å². The smallest absolute Gasteiger partial charge is 0.234 e. The number of likely N-dealkylation sites (tertiary alicyclic amines) is 1. The van der Waals surface area contributed by atoms with Crippen LogP contribution in [0.1, 0.15) is 39.7 Å². The third-order valence-electron chi connectivity index (χ3n) is 7.06. The van der Waals surface area contributed by atoms with Gasteiger partial charge in [0.1, 0.15) is 5.75 Å². The first-order valence-electron chi connectivity index (χ1n) is 10.4. The number of nitrogens with zero attached hydrogens (tertiary/aromatic N) is 1. The molecule has 0 radical (unpaired) electrons. The molecule has 0 aromatic heterocycles. The first kappa shape index (κ1) is 17.5. The zero-order valence-electron chi connectivity index (χ0n) is 16.6. The van der Waals surface area contributed by atoms with Crippen molar-refractivity contribution >= 4 is 11.8 Å². The van der Waals surface area contributed by atoms with Crippen LogP contribution in [0.3, 0.4) is 0 Å². The molecule has 7 rings (SSSR count). The van der Waals surface area contributed by atoms with Gasteiger partial charge in [0, 0.05) is 17.4 Å². The van der Waals surface area contributed by atoms with Gasteiger partial charge < -0.3 is 4.74 Å². The van der Waals surface area contributed by atoms with E-state index in [1.54, 1.807) is 7.11 Å². The molecule has 2 unspecified atom stereocenters. The molecular weight excluding hydrogens is 374 g/mol. The monoisotopic (exact) mass is 395 g/mol. The number of imide groups is 1. The first-order chi connectivity index (χ1) is 14.7. The van der Waals surface area contributed by atoms with Gasteiger partial charge >= 0.3 is 0 Å². The van der Waals surface area contributed by atoms with E-state index in [2.05, 4.69) is 24.3 Å². The number of ether oxygens (including phenoxy) is 1. The summed E-state index contributed by atoms with van der Waals surface area (Å²) >= 11 is 0. The number of methoxy groups -OCH3 is 1. The number of hydrogen-bond acceptors (Lipinski definition) is 3. The minimum atomic E-state index is -0.331. The third kappa shape index (κ3) is 2.16. The van der Waals surface area contributed by atoms with Crippen molar-refractivity contribution < 1.29 is 14.3 Å². The molecule has 4 nitrogen and oxygen atoms in total. The highest BCUT2D eigenvalue weighted by molar-refractivity contribution is 6.07. The van der Waals surface area contributed by atoms with E-state index in [1.807, 2.05) is 48.5 Å². The highest BCUT2D eigenvalue weighted by atomic mass is 16.5. The van der Waals surface area contributed by atoms with Gasteiger partial charge in [-0.15, -0.1) is 0 Å². The predicted molar refractivity (Wildman–Crippen MR) is 112 cm³/mol. The normalized spacial score (nSPS) is 25.7. The molecule has 2 amide bonds. The molecule has 1 heterocycles. The van der Waals surface area contributed by atoms with Gasteiger partial charge in [-0.1, -0.05) is 66.7 Å². The summed E-state index contributed by atoms with van der Waals surface area (Å²) in [6.45, 7) is 0.251. The number of carbonyl (C=O) groups excluding carboxylic acids is 2. The van der Waals surface area contributed by atoms with Crippen molar-refractivity contribution in [3.8, 4) is 5.75 Å². The lowest BCUT2D eigenvalue weighted by Gasteiger charge is -2.45. The van der Waals surface area contributed by atoms with Gasteiger partial charge in [0.15, 0.2) is 0 Å². The number of carbonyl (C=O) groups is 2. The summed E-state index contributed by atoms with van der Waals surface area (Å²) in [5.41, 5.74) is 5.64. The van der Waals surface area contributed by atoms with Gasteiger partial charge in [-0.25, -0.2) is 0 Å². The van der Waals surface area contributed by atoms with Gasteiger partial charge in [-0.05, 0) is 28.3 Å². The Labute approximate surface area is 175 Å². The minimum absolute atomic E-state index is 0.0603. The van der Waals surface area contributed by atoms with E-state index in [9.17, 15) is 9.59 Å². The minimum Gasteiger partial charge on any atom is -0.496 e. The summed E-state index contributed by atoms with van der Waals surface area (Å²) < 4.78 is 5.45. The molecule has 0 N–H and O–H groups in total. The van der Waals surface area contributed by atoms with Gasteiger partial charge in [0.2, 0.25) is 11.8 Å². The third-order valence-corrected chi connectivity index (χ3v) is 7.06. The van der Waals surface area contributed by atoms with E-state index in [4.69, 9.17) is 4.74 Å². The molecule has 0 spiro atoms. The Kier molecular flexibility index (Phi) is 3.66. The van der Waals surface area contributed by atoms with Crippen LogP contribution >= 0.6 is 0 Å². The summed E-state index contributed by atoms with van der Waals surface area (Å²) in [4.78, 5) is 28.7. The van der Waals surface area contributed by atoms with Crippen molar-refractivity contribution in [2.24, 2.45) is 11.8 Å². The van der Waals surface area contributed by atoms with Crippen molar-refractivity contribution in [2.75, 3.05) is 7.11 Å². The maximum Gasteiger partial charge on any atom is 0.234 e. The molecule has 3 aromatic carbocycles. The average molecular weight is 395 g/mol. The SMILES string of the molecule is COc1ccccc1CN1C(=O)C2C3c4ccccc4C(c4ccccc43)C2C1=O. The van der Waals surface area contributed by atoms with Crippen LogP contribution < -0.4 is 4.74 Å². The Bertz CT molecular complexity index is 1080. The molecule has 0 saturated carbocycles. The largest absolute Gasteiger partial charge is 0.496 e. The molecule has 2 atom stereocenters. The Morgan fingerprint density at radius 1 is 0.700 bits per heavy atom. The second-order valence-corrected chi connectivity index (χ2v) is 8.34. The topological polar surface area (TPSA) is 46.6 Å². The molecule has 3 aliphatic carbocycles. The Hall–Kier alpha value is -3.40. The molecule has 1 saturated heterocycles. The molecule has 3 aromatic rings.